The molecule has 16 heavy (non-hydrogen) atoms. The largest absolute Gasteiger partial charge is 0.293 e. The first kappa shape index (κ1) is 12.3. The molecule has 2 rings (SSSR count). The summed E-state index contributed by atoms with van der Waals surface area (Å²) in [6, 6.07) is 1.99. The molecular weight excluding hydrogens is 326 g/mol. The van der Waals surface area contributed by atoms with Gasteiger partial charge in [0.25, 0.3) is 5.91 Å². The molecule has 0 atom stereocenters. The normalized spacial score (nSPS) is 18.9. The number of nitrogens with zero attached hydrogens (tertiary/aromatic N) is 1. The van der Waals surface area contributed by atoms with Gasteiger partial charge in [-0.25, -0.2) is 0 Å². The van der Waals surface area contributed by atoms with E-state index < -0.39 is 0 Å². The summed E-state index contributed by atoms with van der Waals surface area (Å²) in [5.41, 5.74) is 0. The molecule has 84 valence electrons. The zero-order valence-corrected chi connectivity index (χ0v) is 12.4. The molecule has 0 aliphatic carbocycles. The van der Waals surface area contributed by atoms with Crippen molar-refractivity contribution in [1.29, 1.82) is 0 Å². The zero-order chi connectivity index (χ0) is 11.7. The van der Waals surface area contributed by atoms with Crippen molar-refractivity contribution in [3.05, 3.63) is 25.7 Å². The van der Waals surface area contributed by atoms with Crippen molar-refractivity contribution >= 4 is 67.6 Å². The quantitative estimate of drug-likeness (QED) is 0.607. The minimum atomic E-state index is 0.0158. The highest BCUT2D eigenvalue weighted by molar-refractivity contribution is 9.10. The molecule has 6 heteroatoms. The Balaban J connectivity index is 2.27. The smallest absolute Gasteiger partial charge is 0.266 e. The summed E-state index contributed by atoms with van der Waals surface area (Å²) < 4.78 is 1.68. The van der Waals surface area contributed by atoms with Gasteiger partial charge < -0.3 is 0 Å². The van der Waals surface area contributed by atoms with Gasteiger partial charge in [0.15, 0.2) is 0 Å². The van der Waals surface area contributed by atoms with Crippen LogP contribution in [0.2, 0.25) is 0 Å². The Bertz CT molecular complexity index is 480. The van der Waals surface area contributed by atoms with E-state index in [2.05, 4.69) is 15.9 Å². The summed E-state index contributed by atoms with van der Waals surface area (Å²) in [7, 11) is 0. The van der Waals surface area contributed by atoms with Gasteiger partial charge in [-0.15, -0.1) is 11.3 Å². The second kappa shape index (κ2) is 5.00. The number of carbonyl (C=O) groups is 1. The van der Waals surface area contributed by atoms with Gasteiger partial charge in [0.05, 0.1) is 4.91 Å². The summed E-state index contributed by atoms with van der Waals surface area (Å²) in [4.78, 5) is 15.3. The number of thioether (sulfide) groups is 1. The number of hydrogen-bond donors (Lipinski definition) is 0. The number of amides is 1. The topological polar surface area (TPSA) is 20.3 Å². The van der Waals surface area contributed by atoms with Crippen molar-refractivity contribution in [2.24, 2.45) is 0 Å². The van der Waals surface area contributed by atoms with Crippen LogP contribution in [0.1, 0.15) is 11.8 Å². The van der Waals surface area contributed by atoms with E-state index in [0.29, 0.717) is 15.8 Å². The molecule has 0 N–H and O–H groups in total. The summed E-state index contributed by atoms with van der Waals surface area (Å²) >= 11 is 11.5. The van der Waals surface area contributed by atoms with Gasteiger partial charge in [-0.3, -0.25) is 9.69 Å². The Morgan fingerprint density at radius 3 is 2.88 bits per heavy atom. The van der Waals surface area contributed by atoms with E-state index in [4.69, 9.17) is 12.2 Å². The van der Waals surface area contributed by atoms with E-state index in [0.717, 1.165) is 9.35 Å². The minimum Gasteiger partial charge on any atom is -0.293 e. The molecule has 0 bridgehead atoms. The summed E-state index contributed by atoms with van der Waals surface area (Å²) in [5, 5.41) is 1.99. The Morgan fingerprint density at radius 2 is 2.38 bits per heavy atom. The number of rotatable bonds is 2. The molecule has 2 nitrogen and oxygen atoms in total. The van der Waals surface area contributed by atoms with Crippen molar-refractivity contribution in [2.45, 2.75) is 6.92 Å². The van der Waals surface area contributed by atoms with Crippen LogP contribution in [0.25, 0.3) is 6.08 Å². The highest BCUT2D eigenvalue weighted by Crippen LogP contribution is 2.33. The molecule has 1 aliphatic rings. The first-order valence-corrected chi connectivity index (χ1v) is 7.51. The molecule has 0 radical (unpaired) electrons. The standard InChI is InChI=1S/C10H8BrNOS3/c1-2-12-9(13)8(16-10(12)14)4-7-3-6(11)5-15-7/h3-5H,2H2,1H3/b8-4+. The van der Waals surface area contributed by atoms with Gasteiger partial charge >= 0.3 is 0 Å². The fourth-order valence-electron chi connectivity index (χ4n) is 1.31. The number of thiocarbonyl (C=S) groups is 1. The highest BCUT2D eigenvalue weighted by Gasteiger charge is 2.30. The predicted molar refractivity (Wildman–Crippen MR) is 77.6 cm³/mol. The van der Waals surface area contributed by atoms with Crippen LogP contribution in [0, 0.1) is 0 Å². The maximum Gasteiger partial charge on any atom is 0.266 e. The number of hydrogen-bond acceptors (Lipinski definition) is 4. The van der Waals surface area contributed by atoms with Gasteiger partial charge in [-0.05, 0) is 35.0 Å². The van der Waals surface area contributed by atoms with Crippen molar-refractivity contribution in [3.63, 3.8) is 0 Å². The average molecular weight is 334 g/mol. The molecule has 1 aliphatic heterocycles. The lowest BCUT2D eigenvalue weighted by molar-refractivity contribution is -0.121. The predicted octanol–water partition coefficient (Wildman–Crippen LogP) is 3.73. The van der Waals surface area contributed by atoms with Crippen molar-refractivity contribution in [3.8, 4) is 0 Å². The van der Waals surface area contributed by atoms with Gasteiger partial charge in [-0.1, -0.05) is 24.0 Å². The fourth-order valence-corrected chi connectivity index (χ4v) is 4.13. The molecular formula is C10H8BrNOS3. The Morgan fingerprint density at radius 1 is 1.62 bits per heavy atom. The number of halogens is 1. The molecule has 0 aromatic carbocycles. The van der Waals surface area contributed by atoms with Crippen LogP contribution in [-0.4, -0.2) is 21.7 Å². The van der Waals surface area contributed by atoms with Crippen LogP contribution >= 0.6 is 51.2 Å². The average Bonchev–Trinajstić information content (AvgIpc) is 2.74. The summed E-state index contributed by atoms with van der Waals surface area (Å²) in [6.07, 6.45) is 1.89. The van der Waals surface area contributed by atoms with Crippen LogP contribution in [0.5, 0.6) is 0 Å². The van der Waals surface area contributed by atoms with Crippen LogP contribution in [0.15, 0.2) is 20.8 Å². The highest BCUT2D eigenvalue weighted by atomic mass is 79.9. The second-order valence-corrected chi connectivity index (χ2v) is 6.63. The third-order valence-electron chi connectivity index (χ3n) is 2.05. The van der Waals surface area contributed by atoms with E-state index in [1.165, 1.54) is 11.8 Å². The summed E-state index contributed by atoms with van der Waals surface area (Å²) in [5.74, 6) is 0.0158. The number of carbonyl (C=O) groups excluding carboxylic acids is 1. The molecule has 1 saturated heterocycles. The van der Waals surface area contributed by atoms with Crippen molar-refractivity contribution < 1.29 is 4.79 Å². The first-order chi connectivity index (χ1) is 7.61. The molecule has 0 spiro atoms. The third-order valence-corrected chi connectivity index (χ3v) is 5.07. The van der Waals surface area contributed by atoms with Crippen LogP contribution < -0.4 is 0 Å². The number of likely N-dealkylation sites (N-methyl/N-ethyl adjacent to an activating group) is 1. The second-order valence-electron chi connectivity index (χ2n) is 3.09. The van der Waals surface area contributed by atoms with Gasteiger partial charge in [0, 0.05) is 21.3 Å². The van der Waals surface area contributed by atoms with Gasteiger partial charge in [0.1, 0.15) is 4.32 Å². The van der Waals surface area contributed by atoms with Crippen LogP contribution in [0.3, 0.4) is 0 Å². The van der Waals surface area contributed by atoms with Crippen LogP contribution in [-0.2, 0) is 4.79 Å². The SMILES string of the molecule is CCN1C(=O)/C(=C\c2cc(Br)cs2)SC1=S. The van der Waals surface area contributed by atoms with E-state index >= 15 is 0 Å². The summed E-state index contributed by atoms with van der Waals surface area (Å²) in [6.45, 7) is 2.56. The molecule has 1 aromatic rings. The third kappa shape index (κ3) is 2.40. The monoisotopic (exact) mass is 333 g/mol. The Kier molecular flexibility index (Phi) is 3.84. The van der Waals surface area contributed by atoms with E-state index in [9.17, 15) is 4.79 Å². The maximum atomic E-state index is 11.9. The maximum absolute atomic E-state index is 11.9. The lowest BCUT2D eigenvalue weighted by atomic mass is 10.4. The molecule has 1 fully saturated rings. The Labute approximate surface area is 116 Å². The fraction of sp³-hybridized carbons (Fsp3) is 0.200. The van der Waals surface area contributed by atoms with Crippen molar-refractivity contribution in [2.75, 3.05) is 6.54 Å². The lowest BCUT2D eigenvalue weighted by Crippen LogP contribution is -2.27. The Hall–Kier alpha value is -0.170. The van der Waals surface area contributed by atoms with Crippen molar-refractivity contribution in [1.82, 2.24) is 4.90 Å². The van der Waals surface area contributed by atoms with Gasteiger partial charge in [-0.2, -0.15) is 0 Å². The van der Waals surface area contributed by atoms with E-state index in [-0.39, 0.29) is 5.91 Å². The molecule has 1 amide bonds. The first-order valence-electron chi connectivity index (χ1n) is 4.61. The number of thiophene rings is 1. The van der Waals surface area contributed by atoms with Gasteiger partial charge in [0.2, 0.25) is 0 Å². The molecule has 2 heterocycles. The van der Waals surface area contributed by atoms with E-state index in [1.807, 2.05) is 24.4 Å². The minimum absolute atomic E-state index is 0.0158. The molecule has 0 unspecified atom stereocenters. The molecule has 0 saturated carbocycles. The molecule has 1 aromatic heterocycles. The van der Waals surface area contributed by atoms with Crippen LogP contribution in [0.4, 0.5) is 0 Å². The lowest BCUT2D eigenvalue weighted by Gasteiger charge is -2.09. The zero-order valence-electron chi connectivity index (χ0n) is 8.40. The van der Waals surface area contributed by atoms with E-state index in [1.54, 1.807) is 16.2 Å².